The highest BCUT2D eigenvalue weighted by atomic mass is 16.7. The number of hydroxylamine groups is 2. The Balaban J connectivity index is 0.000000514. The molecule has 9 N–H and O–H groups in total. The van der Waals surface area contributed by atoms with Crippen LogP contribution < -0.4 is 11.1 Å². The third kappa shape index (κ3) is 34.9. The zero-order valence-corrected chi connectivity index (χ0v) is 73.7. The Labute approximate surface area is 782 Å². The molecule has 13 aromatic rings. The van der Waals surface area contributed by atoms with Crippen LogP contribution in [0.25, 0.3) is 65.4 Å². The van der Waals surface area contributed by atoms with Crippen molar-refractivity contribution in [2.75, 3.05) is 60.0 Å². The lowest BCUT2D eigenvalue weighted by Crippen LogP contribution is -2.46. The first-order valence-corrected chi connectivity index (χ1v) is 43.6. The lowest BCUT2D eigenvalue weighted by atomic mass is 9.94. The summed E-state index contributed by atoms with van der Waals surface area (Å²) in [4.78, 5) is 70.7. The molecule has 131 heavy (non-hydrogen) atoms. The number of alkyl carbamates (subject to hydrolysis) is 1. The number of nitrogens with one attached hydrogen (secondary N) is 1. The van der Waals surface area contributed by atoms with Crippen molar-refractivity contribution in [1.82, 2.24) is 50.1 Å². The van der Waals surface area contributed by atoms with Crippen LogP contribution in [0.3, 0.4) is 0 Å². The molecule has 2 saturated heterocycles. The van der Waals surface area contributed by atoms with E-state index in [2.05, 4.69) is 85.7 Å². The first kappa shape index (κ1) is 116. The van der Waals surface area contributed by atoms with Crippen LogP contribution in [-0.2, 0) is 21.0 Å². The van der Waals surface area contributed by atoms with Crippen molar-refractivity contribution >= 4 is 83.2 Å². The molecular formula is C109H155N11O11. The number of amides is 2. The molecule has 2 aliphatic heterocycles. The molecule has 7 aromatic carbocycles. The normalized spacial score (nSPS) is 14.7. The number of ketones is 1. The number of nitrogens with two attached hydrogens (primary N) is 1. The van der Waals surface area contributed by atoms with Crippen molar-refractivity contribution in [3.8, 4) is 0 Å². The Morgan fingerprint density at radius 1 is 0.405 bits per heavy atom. The van der Waals surface area contributed by atoms with Gasteiger partial charge in [0.05, 0.1) is 70.7 Å². The maximum atomic E-state index is 12.0. The van der Waals surface area contributed by atoms with E-state index in [4.69, 9.17) is 20.4 Å². The molecule has 0 spiro atoms. The molecule has 712 valence electrons. The van der Waals surface area contributed by atoms with Crippen LogP contribution >= 0.6 is 0 Å². The van der Waals surface area contributed by atoms with Crippen LogP contribution in [0.4, 0.5) is 4.79 Å². The van der Waals surface area contributed by atoms with Gasteiger partial charge in [-0.25, -0.2) is 9.86 Å². The largest absolute Gasteiger partial charge is 0.445 e. The summed E-state index contributed by atoms with van der Waals surface area (Å²) in [6.45, 7) is 24.5. The molecule has 0 bridgehead atoms. The number of carbonyl (C=O) groups is 3. The number of nitrogens with zero attached hydrogens (tertiary/aromatic N) is 9. The number of benzene rings is 7. The van der Waals surface area contributed by atoms with Crippen molar-refractivity contribution < 1.29 is 54.6 Å². The van der Waals surface area contributed by atoms with Gasteiger partial charge in [0.15, 0.2) is 5.78 Å². The zero-order valence-electron chi connectivity index (χ0n) is 73.7. The maximum absolute atomic E-state index is 12.0. The minimum atomic E-state index is -0.664. The van der Waals surface area contributed by atoms with Gasteiger partial charge in [0.1, 0.15) is 12.6 Å². The Morgan fingerprint density at radius 3 is 1.05 bits per heavy atom. The molecular weight excluding hydrogens is 1640 g/mol. The molecule has 0 radical (unpaired) electrons. The number of aromatic nitrogens is 6. The van der Waals surface area contributed by atoms with Crippen LogP contribution in [0.5, 0.6) is 0 Å². The third-order valence-corrected chi connectivity index (χ3v) is 23.1. The Kier molecular flexibility index (Phi) is 53.3. The topological polar surface area (TPSA) is 316 Å². The van der Waals surface area contributed by atoms with E-state index in [1.807, 2.05) is 227 Å². The van der Waals surface area contributed by atoms with E-state index in [0.29, 0.717) is 6.42 Å². The highest BCUT2D eigenvalue weighted by molar-refractivity contribution is 6.00. The quantitative estimate of drug-likeness (QED) is 0.0184. The number of Topliss-reactive ketones (excluding diaryl/α,β-unsaturated/α-hetero) is 1. The van der Waals surface area contributed by atoms with Gasteiger partial charge >= 0.3 is 6.09 Å². The van der Waals surface area contributed by atoms with E-state index < -0.39 is 30.4 Å². The summed E-state index contributed by atoms with van der Waals surface area (Å²) in [6, 6.07) is 67.1. The number of carbonyl (C=O) groups excluding carboxylic acids is 3. The van der Waals surface area contributed by atoms with E-state index in [9.17, 15) is 39.9 Å². The second kappa shape index (κ2) is 60.1. The molecule has 2 aliphatic rings. The Morgan fingerprint density at radius 2 is 0.725 bits per heavy atom. The van der Waals surface area contributed by atoms with Crippen molar-refractivity contribution in [3.63, 3.8) is 0 Å². The first-order chi connectivity index (χ1) is 59.9. The standard InChI is InChI=1S/C17H22N2O.C16H21N3O.C14H20N2O4.2C14H17NO.C14H15NO.C13H15NO2.7CH4/c1-13(12-19-9-2-3-10-19)17(20)15-6-7-16-14(11-15)5-4-8-18-16;17-14(11-19-8-1-2-9-19)16(20)13-5-6-15-12(10-13)4-3-7-18-15;1-4-12(13(17)16(2)19-3)15-14(18)20-10-11-8-6-5-7-9-11;3*1-3-10(2)14(16)12-6-7-13-11(9-12)5-4-8-15-13;1-9(8-15)13(16)11-4-5-12-10(7-11)3-2-6-14-12;;;;;;;/h4-8,11,13,17,20H,2-3,9-10,12H2,1H3;3-7,10,14,16,20H,1-2,8-9,11,17H2;5-9,12H,4,10H2,1-3H3,(H,15,18);2*4-10,14,16H,3H2,1-2H3;4-10H,3H2,1-2H3;2-7,9,13,15-16H,8H2,1H3;7*1H4/t13-,17?;14-,16?;12-;2*10-,14?;10-;9-,13?;;;;;;;/m1111111......./s1. The molecule has 6 aromatic heterocycles. The lowest BCUT2D eigenvalue weighted by molar-refractivity contribution is -0.171. The maximum Gasteiger partial charge on any atom is 0.408 e. The predicted octanol–water partition coefficient (Wildman–Crippen LogP) is 22.8. The number of hydrogen-bond donors (Lipinski definition) is 8. The summed E-state index contributed by atoms with van der Waals surface area (Å²) < 4.78 is 5.06. The van der Waals surface area contributed by atoms with Crippen LogP contribution in [0.1, 0.15) is 240 Å². The van der Waals surface area contributed by atoms with Crippen molar-refractivity contribution in [3.05, 3.63) is 288 Å². The number of pyridine rings is 6. The zero-order chi connectivity index (χ0) is 89.0. The highest BCUT2D eigenvalue weighted by Crippen LogP contribution is 2.32. The monoisotopic (exact) mass is 1790 g/mol. The molecule has 12 atom stereocenters. The van der Waals surface area contributed by atoms with E-state index in [-0.39, 0.29) is 125 Å². The van der Waals surface area contributed by atoms with Gasteiger partial charge < -0.3 is 56.2 Å². The van der Waals surface area contributed by atoms with Crippen molar-refractivity contribution in [2.24, 2.45) is 35.3 Å². The Hall–Kier alpha value is -11.0. The number of likely N-dealkylation sites (tertiary alicyclic amines) is 2. The van der Waals surface area contributed by atoms with Gasteiger partial charge in [-0.3, -0.25) is 44.3 Å². The van der Waals surface area contributed by atoms with Crippen LogP contribution in [0, 0.1) is 29.6 Å². The van der Waals surface area contributed by atoms with Crippen LogP contribution in [-0.4, -0.2) is 165 Å². The summed E-state index contributed by atoms with van der Waals surface area (Å²) in [5, 5.41) is 70.2. The minimum Gasteiger partial charge on any atom is -0.445 e. The van der Waals surface area contributed by atoms with Gasteiger partial charge in [-0.1, -0.05) is 224 Å². The fourth-order valence-electron chi connectivity index (χ4n) is 14.6. The average molecular weight is 1800 g/mol. The Bertz CT molecular complexity index is 5110. The predicted molar refractivity (Wildman–Crippen MR) is 543 cm³/mol. The molecule has 2 amide bonds. The van der Waals surface area contributed by atoms with E-state index >= 15 is 0 Å². The second-order valence-corrected chi connectivity index (χ2v) is 32.4. The van der Waals surface area contributed by atoms with Gasteiger partial charge in [0.25, 0.3) is 5.91 Å². The smallest absolute Gasteiger partial charge is 0.408 e. The van der Waals surface area contributed by atoms with E-state index in [0.717, 1.165) is 155 Å². The summed E-state index contributed by atoms with van der Waals surface area (Å²) in [5.41, 5.74) is 18.2. The van der Waals surface area contributed by atoms with Gasteiger partial charge in [0.2, 0.25) is 0 Å². The van der Waals surface area contributed by atoms with Gasteiger partial charge in [-0.05, 0) is 231 Å². The van der Waals surface area contributed by atoms with Crippen LogP contribution in [0.2, 0.25) is 0 Å². The number of aliphatic hydroxyl groups excluding tert-OH is 6. The summed E-state index contributed by atoms with van der Waals surface area (Å²) in [7, 11) is 2.88. The highest BCUT2D eigenvalue weighted by Gasteiger charge is 2.27. The third-order valence-electron chi connectivity index (χ3n) is 23.1. The van der Waals surface area contributed by atoms with Gasteiger partial charge in [-0.2, -0.15) is 0 Å². The molecule has 5 unspecified atom stereocenters. The van der Waals surface area contributed by atoms with Crippen molar-refractivity contribution in [2.45, 2.75) is 215 Å². The van der Waals surface area contributed by atoms with E-state index in [1.54, 1.807) is 44.1 Å². The molecule has 2 fully saturated rings. The molecule has 15 rings (SSSR count). The molecule has 8 heterocycles. The number of aliphatic hydroxyl groups is 6. The van der Waals surface area contributed by atoms with Gasteiger partial charge in [-0.15, -0.1) is 0 Å². The SMILES string of the molecule is C.C.C.C.C.C.C.CC[C@@H](C)C(=O)c1ccc2ncccc2c1.CC[C@@H](C)C(O)c1ccc2ncccc2c1.CC[C@@H](C)C(O)c1ccc2ncccc2c1.CC[C@@H](NC(=O)OCc1ccccc1)C(=O)N(C)OC.C[C@H](CN1CCCC1)C(O)c1ccc2ncccc2c1.C[C@H](CO)C(O)c1ccc2ncccc2c1.N[C@H](CN1CCCC1)C(O)c1ccc2ncccc2c1. The number of rotatable bonds is 26. The number of hydrogen-bond acceptors (Lipinski definition) is 20. The fraction of sp³-hybridized carbons (Fsp3) is 0.422. The molecule has 22 nitrogen and oxygen atoms in total. The minimum absolute atomic E-state index is 0. The number of likely N-dealkylation sites (N-methyl/N-ethyl adjacent to an activating group) is 1. The first-order valence-electron chi connectivity index (χ1n) is 43.6. The van der Waals surface area contributed by atoms with Crippen molar-refractivity contribution in [1.29, 1.82) is 0 Å². The molecule has 0 aliphatic carbocycles. The summed E-state index contributed by atoms with van der Waals surface area (Å²) >= 11 is 0. The molecule has 0 saturated carbocycles. The number of fused-ring (bicyclic) bond motifs is 6. The fourth-order valence-corrected chi connectivity index (χ4v) is 14.6. The summed E-state index contributed by atoms with van der Waals surface area (Å²) in [5.74, 6) is 0.647. The lowest BCUT2D eigenvalue weighted by Gasteiger charge is -2.24. The average Bonchev–Trinajstić information content (AvgIpc) is 1.41. The molecule has 22 heteroatoms. The number of ether oxygens (including phenoxy) is 1. The van der Waals surface area contributed by atoms with E-state index in [1.165, 1.54) is 52.9 Å². The van der Waals surface area contributed by atoms with Gasteiger partial charge in [0, 0.05) is 120 Å². The second-order valence-electron chi connectivity index (χ2n) is 32.4. The summed E-state index contributed by atoms with van der Waals surface area (Å²) in [6.07, 6.45) is 16.0. The van der Waals surface area contributed by atoms with Crippen LogP contribution in [0.15, 0.2) is 250 Å².